The molecule has 0 unspecified atom stereocenters. The molecule has 0 atom stereocenters. The van der Waals surface area contributed by atoms with Gasteiger partial charge < -0.3 is 14.6 Å². The SMILES string of the molecule is Cc1ccc(-c2cc(C(=O)N3CCOCC3)[nH]c(=O)n2)cc1C. The van der Waals surface area contributed by atoms with Crippen molar-refractivity contribution >= 4 is 5.91 Å². The highest BCUT2D eigenvalue weighted by Crippen LogP contribution is 2.20. The summed E-state index contributed by atoms with van der Waals surface area (Å²) in [5, 5.41) is 0. The quantitative estimate of drug-likeness (QED) is 0.912. The predicted molar refractivity (Wildman–Crippen MR) is 86.5 cm³/mol. The zero-order valence-electron chi connectivity index (χ0n) is 13.3. The fraction of sp³-hybridized carbons (Fsp3) is 0.353. The van der Waals surface area contributed by atoms with Gasteiger partial charge >= 0.3 is 5.69 Å². The summed E-state index contributed by atoms with van der Waals surface area (Å²) in [6.45, 7) is 6.13. The zero-order valence-corrected chi connectivity index (χ0v) is 13.3. The Labute approximate surface area is 134 Å². The standard InChI is InChI=1S/C17H19N3O3/c1-11-3-4-13(9-12(11)2)14-10-15(19-17(22)18-14)16(21)20-5-7-23-8-6-20/h3-4,9-10H,5-8H2,1-2H3,(H,18,19,22). The highest BCUT2D eigenvalue weighted by molar-refractivity contribution is 5.93. The van der Waals surface area contributed by atoms with Crippen LogP contribution in [-0.4, -0.2) is 47.1 Å². The van der Waals surface area contributed by atoms with Gasteiger partial charge in [-0.15, -0.1) is 0 Å². The molecule has 1 aromatic carbocycles. The number of amides is 1. The first-order valence-corrected chi connectivity index (χ1v) is 7.60. The second-order valence-electron chi connectivity index (χ2n) is 5.69. The number of aryl methyl sites for hydroxylation is 2. The van der Waals surface area contributed by atoms with Crippen molar-refractivity contribution in [2.75, 3.05) is 26.3 Å². The molecule has 6 heteroatoms. The van der Waals surface area contributed by atoms with E-state index in [1.807, 2.05) is 32.0 Å². The summed E-state index contributed by atoms with van der Waals surface area (Å²) >= 11 is 0. The molecule has 1 amide bonds. The third kappa shape index (κ3) is 3.32. The van der Waals surface area contributed by atoms with Crippen LogP contribution in [0.25, 0.3) is 11.3 Å². The molecule has 1 aliphatic heterocycles. The molecule has 1 aliphatic rings. The van der Waals surface area contributed by atoms with Crippen molar-refractivity contribution in [1.82, 2.24) is 14.9 Å². The molecule has 23 heavy (non-hydrogen) atoms. The van der Waals surface area contributed by atoms with Crippen molar-refractivity contribution in [2.45, 2.75) is 13.8 Å². The Kier molecular flexibility index (Phi) is 4.25. The van der Waals surface area contributed by atoms with Gasteiger partial charge in [0.25, 0.3) is 5.91 Å². The van der Waals surface area contributed by atoms with E-state index in [-0.39, 0.29) is 11.6 Å². The summed E-state index contributed by atoms with van der Waals surface area (Å²) < 4.78 is 5.25. The summed E-state index contributed by atoms with van der Waals surface area (Å²) in [6.07, 6.45) is 0. The van der Waals surface area contributed by atoms with Crippen LogP contribution in [-0.2, 0) is 4.74 Å². The minimum absolute atomic E-state index is 0.196. The monoisotopic (exact) mass is 313 g/mol. The van der Waals surface area contributed by atoms with E-state index in [1.54, 1.807) is 11.0 Å². The average Bonchev–Trinajstić information content (AvgIpc) is 2.57. The maximum atomic E-state index is 12.5. The Balaban J connectivity index is 1.97. The van der Waals surface area contributed by atoms with Crippen molar-refractivity contribution in [3.05, 3.63) is 51.6 Å². The zero-order chi connectivity index (χ0) is 16.4. The lowest BCUT2D eigenvalue weighted by atomic mass is 10.0. The molecule has 1 saturated heterocycles. The minimum Gasteiger partial charge on any atom is -0.378 e. The minimum atomic E-state index is -0.516. The fourth-order valence-electron chi connectivity index (χ4n) is 2.56. The number of H-pyrrole nitrogens is 1. The molecule has 1 N–H and O–H groups in total. The number of rotatable bonds is 2. The van der Waals surface area contributed by atoms with Gasteiger partial charge in [0.1, 0.15) is 5.69 Å². The molecule has 120 valence electrons. The molecule has 2 heterocycles. The number of aromatic amines is 1. The van der Waals surface area contributed by atoms with Crippen LogP contribution in [0, 0.1) is 13.8 Å². The van der Waals surface area contributed by atoms with Gasteiger partial charge in [0.05, 0.1) is 18.9 Å². The van der Waals surface area contributed by atoms with Crippen LogP contribution in [0.5, 0.6) is 0 Å². The molecule has 1 aromatic heterocycles. The Bertz CT molecular complexity index is 792. The number of nitrogens with one attached hydrogen (secondary N) is 1. The van der Waals surface area contributed by atoms with Crippen LogP contribution in [0.2, 0.25) is 0 Å². The van der Waals surface area contributed by atoms with Crippen molar-refractivity contribution in [3.63, 3.8) is 0 Å². The number of hydrogen-bond acceptors (Lipinski definition) is 4. The number of aromatic nitrogens is 2. The molecule has 0 aliphatic carbocycles. The van der Waals surface area contributed by atoms with Gasteiger partial charge in [-0.05, 0) is 37.1 Å². The van der Waals surface area contributed by atoms with Gasteiger partial charge in [-0.25, -0.2) is 4.79 Å². The Morgan fingerprint density at radius 3 is 2.61 bits per heavy atom. The van der Waals surface area contributed by atoms with Crippen LogP contribution >= 0.6 is 0 Å². The molecule has 6 nitrogen and oxygen atoms in total. The van der Waals surface area contributed by atoms with Crippen LogP contribution in [0.1, 0.15) is 21.6 Å². The van der Waals surface area contributed by atoms with E-state index in [9.17, 15) is 9.59 Å². The lowest BCUT2D eigenvalue weighted by Crippen LogP contribution is -2.41. The van der Waals surface area contributed by atoms with Crippen molar-refractivity contribution in [3.8, 4) is 11.3 Å². The van der Waals surface area contributed by atoms with Gasteiger partial charge in [0.15, 0.2) is 0 Å². The van der Waals surface area contributed by atoms with Gasteiger partial charge in [0, 0.05) is 18.7 Å². The van der Waals surface area contributed by atoms with Gasteiger partial charge in [-0.3, -0.25) is 4.79 Å². The molecule has 0 saturated carbocycles. The van der Waals surface area contributed by atoms with Crippen molar-refractivity contribution in [1.29, 1.82) is 0 Å². The maximum Gasteiger partial charge on any atom is 0.346 e. The van der Waals surface area contributed by atoms with Gasteiger partial charge in [-0.1, -0.05) is 12.1 Å². The summed E-state index contributed by atoms with van der Waals surface area (Å²) in [7, 11) is 0. The molecule has 2 aromatic rings. The molecular formula is C17H19N3O3. The van der Waals surface area contributed by atoms with Crippen LogP contribution in [0.3, 0.4) is 0 Å². The second-order valence-corrected chi connectivity index (χ2v) is 5.69. The third-order valence-electron chi connectivity index (χ3n) is 4.08. The predicted octanol–water partition coefficient (Wildman–Crippen LogP) is 1.53. The molecule has 0 spiro atoms. The first-order chi connectivity index (χ1) is 11.0. The van der Waals surface area contributed by atoms with Gasteiger partial charge in [0.2, 0.25) is 0 Å². The molecule has 0 radical (unpaired) electrons. The Hall–Kier alpha value is -2.47. The van der Waals surface area contributed by atoms with Crippen LogP contribution in [0.4, 0.5) is 0 Å². The van der Waals surface area contributed by atoms with E-state index in [2.05, 4.69) is 9.97 Å². The summed E-state index contributed by atoms with van der Waals surface area (Å²) in [6, 6.07) is 7.51. The fourth-order valence-corrected chi connectivity index (χ4v) is 2.56. The number of ether oxygens (including phenoxy) is 1. The second kappa shape index (κ2) is 6.34. The summed E-state index contributed by atoms with van der Waals surface area (Å²) in [5.41, 5.74) is 3.37. The maximum absolute atomic E-state index is 12.5. The number of hydrogen-bond donors (Lipinski definition) is 1. The number of carbonyl (C=O) groups is 1. The van der Waals surface area contributed by atoms with Crippen molar-refractivity contribution < 1.29 is 9.53 Å². The Morgan fingerprint density at radius 2 is 1.91 bits per heavy atom. The first kappa shape index (κ1) is 15.4. The van der Waals surface area contributed by atoms with Crippen LogP contribution < -0.4 is 5.69 Å². The summed E-state index contributed by atoms with van der Waals surface area (Å²) in [5.74, 6) is -0.196. The average molecular weight is 313 g/mol. The molecule has 3 rings (SSSR count). The number of nitrogens with zero attached hydrogens (tertiary/aromatic N) is 2. The van der Waals surface area contributed by atoms with Crippen molar-refractivity contribution in [2.24, 2.45) is 0 Å². The first-order valence-electron chi connectivity index (χ1n) is 7.60. The topological polar surface area (TPSA) is 75.3 Å². The third-order valence-corrected chi connectivity index (χ3v) is 4.08. The van der Waals surface area contributed by atoms with E-state index >= 15 is 0 Å². The molecule has 1 fully saturated rings. The normalized spacial score (nSPS) is 14.8. The number of morpholine rings is 1. The lowest BCUT2D eigenvalue weighted by molar-refractivity contribution is 0.0298. The molecular weight excluding hydrogens is 294 g/mol. The lowest BCUT2D eigenvalue weighted by Gasteiger charge is -2.26. The summed E-state index contributed by atoms with van der Waals surface area (Å²) in [4.78, 5) is 32.6. The van der Waals surface area contributed by atoms with Crippen LogP contribution in [0.15, 0.2) is 29.1 Å². The number of carbonyl (C=O) groups excluding carboxylic acids is 1. The highest BCUT2D eigenvalue weighted by Gasteiger charge is 2.20. The largest absolute Gasteiger partial charge is 0.378 e. The highest BCUT2D eigenvalue weighted by atomic mass is 16.5. The smallest absolute Gasteiger partial charge is 0.346 e. The Morgan fingerprint density at radius 1 is 1.17 bits per heavy atom. The van der Waals surface area contributed by atoms with Gasteiger partial charge in [-0.2, -0.15) is 4.98 Å². The van der Waals surface area contributed by atoms with E-state index in [4.69, 9.17) is 4.74 Å². The molecule has 0 bridgehead atoms. The van der Waals surface area contributed by atoms with E-state index in [0.29, 0.717) is 32.0 Å². The van der Waals surface area contributed by atoms with E-state index in [0.717, 1.165) is 11.1 Å². The van der Waals surface area contributed by atoms with E-state index < -0.39 is 5.69 Å². The van der Waals surface area contributed by atoms with E-state index in [1.165, 1.54) is 5.56 Å². The number of benzene rings is 1.